The number of nitrogens with zero attached hydrogens (tertiary/aromatic N) is 3. The van der Waals surface area contributed by atoms with E-state index in [0.717, 1.165) is 12.1 Å². The molecule has 0 unspecified atom stereocenters. The van der Waals surface area contributed by atoms with Crippen LogP contribution >= 0.6 is 11.6 Å². The molecule has 1 aliphatic heterocycles. The molecule has 0 aliphatic carbocycles. The average molecular weight is 390 g/mol. The Morgan fingerprint density at radius 3 is 2.59 bits per heavy atom. The zero-order valence-corrected chi connectivity index (χ0v) is 14.4. The van der Waals surface area contributed by atoms with E-state index in [0.29, 0.717) is 34.1 Å². The zero-order valence-electron chi connectivity index (χ0n) is 13.7. The van der Waals surface area contributed by atoms with Crippen molar-refractivity contribution in [1.82, 2.24) is 9.55 Å². The molecule has 0 amide bonds. The van der Waals surface area contributed by atoms with Gasteiger partial charge in [0.05, 0.1) is 29.7 Å². The molecule has 136 valence electrons. The van der Waals surface area contributed by atoms with Crippen molar-refractivity contribution in [3.8, 4) is 5.69 Å². The van der Waals surface area contributed by atoms with Crippen LogP contribution in [-0.2, 0) is 12.7 Å². The fourth-order valence-corrected chi connectivity index (χ4v) is 3.32. The first kappa shape index (κ1) is 17.5. The number of aliphatic imine (C=N–C) groups is 1. The highest BCUT2D eigenvalue weighted by atomic mass is 35.5. The number of hydrogen-bond donors (Lipinski definition) is 0. The SMILES string of the molecule is O=Cc1cnc2n1-c1ccc(C(F)(F)F)cc1C(c1ccccc1Cl)=NC2. The van der Waals surface area contributed by atoms with Gasteiger partial charge in [-0.2, -0.15) is 13.2 Å². The Morgan fingerprint density at radius 2 is 1.89 bits per heavy atom. The van der Waals surface area contributed by atoms with Gasteiger partial charge in [-0.1, -0.05) is 29.8 Å². The summed E-state index contributed by atoms with van der Waals surface area (Å²) in [5.74, 6) is 0.458. The Kier molecular flexibility index (Phi) is 4.11. The third-order valence-corrected chi connectivity index (χ3v) is 4.64. The third-order valence-electron chi connectivity index (χ3n) is 4.31. The number of rotatable bonds is 2. The molecule has 27 heavy (non-hydrogen) atoms. The van der Waals surface area contributed by atoms with Crippen molar-refractivity contribution in [3.63, 3.8) is 0 Å². The summed E-state index contributed by atoms with van der Waals surface area (Å²) in [7, 11) is 0. The molecule has 1 aliphatic rings. The predicted molar refractivity (Wildman–Crippen MR) is 94.7 cm³/mol. The molecule has 8 heteroatoms. The van der Waals surface area contributed by atoms with Crippen LogP contribution in [0.4, 0.5) is 13.2 Å². The van der Waals surface area contributed by atoms with Gasteiger partial charge < -0.3 is 0 Å². The number of aldehydes is 1. The normalized spacial score (nSPS) is 13.4. The van der Waals surface area contributed by atoms with Gasteiger partial charge in [-0.25, -0.2) is 4.98 Å². The minimum Gasteiger partial charge on any atom is -0.296 e. The van der Waals surface area contributed by atoms with Crippen LogP contribution in [0.2, 0.25) is 5.02 Å². The Labute approximate surface area is 156 Å². The van der Waals surface area contributed by atoms with E-state index in [2.05, 4.69) is 9.98 Å². The highest BCUT2D eigenvalue weighted by molar-refractivity contribution is 6.35. The van der Waals surface area contributed by atoms with Gasteiger partial charge in [0.25, 0.3) is 0 Å². The summed E-state index contributed by atoms with van der Waals surface area (Å²) in [6.07, 6.45) is -2.53. The van der Waals surface area contributed by atoms with Crippen LogP contribution in [-0.4, -0.2) is 21.5 Å². The molecule has 0 saturated carbocycles. The molecule has 1 aromatic heterocycles. The van der Waals surface area contributed by atoms with Crippen molar-refractivity contribution in [2.45, 2.75) is 12.7 Å². The Morgan fingerprint density at radius 1 is 1.11 bits per heavy atom. The number of hydrogen-bond acceptors (Lipinski definition) is 3. The summed E-state index contributed by atoms with van der Waals surface area (Å²) in [4.78, 5) is 20.0. The quantitative estimate of drug-likeness (QED) is 0.596. The first-order valence-corrected chi connectivity index (χ1v) is 8.31. The molecule has 0 bridgehead atoms. The highest BCUT2D eigenvalue weighted by Gasteiger charge is 2.33. The summed E-state index contributed by atoms with van der Waals surface area (Å²) < 4.78 is 41.4. The van der Waals surface area contributed by atoms with Crippen LogP contribution in [0.1, 0.15) is 33.0 Å². The van der Waals surface area contributed by atoms with Crippen LogP contribution in [0.5, 0.6) is 0 Å². The standard InChI is InChI=1S/C19H11ClF3N3O/c20-15-4-2-1-3-13(15)18-14-7-11(19(21,22)23)5-6-16(14)26-12(10-27)8-24-17(26)9-25-18/h1-8,10H,9H2. The molecule has 4 nitrogen and oxygen atoms in total. The molecular weight excluding hydrogens is 379 g/mol. The van der Waals surface area contributed by atoms with Crippen molar-refractivity contribution >= 4 is 23.6 Å². The molecule has 0 atom stereocenters. The lowest BCUT2D eigenvalue weighted by Crippen LogP contribution is -2.13. The average Bonchev–Trinajstić information content (AvgIpc) is 2.98. The van der Waals surface area contributed by atoms with E-state index in [-0.39, 0.29) is 17.8 Å². The second kappa shape index (κ2) is 6.35. The van der Waals surface area contributed by atoms with Gasteiger partial charge in [0, 0.05) is 16.1 Å². The highest BCUT2D eigenvalue weighted by Crippen LogP contribution is 2.35. The molecule has 2 heterocycles. The molecule has 2 aromatic carbocycles. The second-order valence-corrected chi connectivity index (χ2v) is 6.33. The summed E-state index contributed by atoms with van der Waals surface area (Å²) in [5, 5.41) is 0.370. The number of benzene rings is 2. The maximum atomic E-state index is 13.3. The van der Waals surface area contributed by atoms with Gasteiger partial charge in [-0.15, -0.1) is 0 Å². The molecular formula is C19H11ClF3N3O. The van der Waals surface area contributed by atoms with Crippen molar-refractivity contribution in [1.29, 1.82) is 0 Å². The van der Waals surface area contributed by atoms with Crippen LogP contribution < -0.4 is 0 Å². The van der Waals surface area contributed by atoms with Crippen molar-refractivity contribution in [2.75, 3.05) is 0 Å². The molecule has 0 N–H and O–H groups in total. The van der Waals surface area contributed by atoms with Crippen molar-refractivity contribution in [2.24, 2.45) is 4.99 Å². The summed E-state index contributed by atoms with van der Waals surface area (Å²) in [6.45, 7) is 0.102. The van der Waals surface area contributed by atoms with Gasteiger partial charge in [0.15, 0.2) is 6.29 Å². The van der Waals surface area contributed by atoms with Gasteiger partial charge in [-0.05, 0) is 24.3 Å². The van der Waals surface area contributed by atoms with E-state index in [9.17, 15) is 18.0 Å². The fraction of sp³-hybridized carbons (Fsp3) is 0.105. The van der Waals surface area contributed by atoms with Crippen LogP contribution in [0, 0.1) is 0 Å². The number of carbonyl (C=O) groups is 1. The maximum absolute atomic E-state index is 13.3. The smallest absolute Gasteiger partial charge is 0.296 e. The van der Waals surface area contributed by atoms with Crippen LogP contribution in [0.3, 0.4) is 0 Å². The fourth-order valence-electron chi connectivity index (χ4n) is 3.09. The van der Waals surface area contributed by atoms with E-state index in [1.165, 1.54) is 16.8 Å². The number of aromatic nitrogens is 2. The van der Waals surface area contributed by atoms with Crippen molar-refractivity contribution < 1.29 is 18.0 Å². The number of halogens is 4. The third kappa shape index (κ3) is 2.94. The molecule has 0 spiro atoms. The van der Waals surface area contributed by atoms with Gasteiger partial charge in [0.1, 0.15) is 11.5 Å². The lowest BCUT2D eigenvalue weighted by Gasteiger charge is -2.16. The lowest BCUT2D eigenvalue weighted by atomic mass is 9.98. The number of fused-ring (bicyclic) bond motifs is 3. The number of carbonyl (C=O) groups excluding carboxylic acids is 1. The van der Waals surface area contributed by atoms with E-state index in [4.69, 9.17) is 11.6 Å². The molecule has 0 radical (unpaired) electrons. The van der Waals surface area contributed by atoms with Crippen LogP contribution in [0.15, 0.2) is 53.7 Å². The summed E-state index contributed by atoms with van der Waals surface area (Å²) in [5.41, 5.74) is 0.896. The van der Waals surface area contributed by atoms with Gasteiger partial charge >= 0.3 is 6.18 Å². The van der Waals surface area contributed by atoms with Crippen LogP contribution in [0.25, 0.3) is 5.69 Å². The lowest BCUT2D eigenvalue weighted by molar-refractivity contribution is -0.137. The topological polar surface area (TPSA) is 47.2 Å². The van der Waals surface area contributed by atoms with E-state index in [1.54, 1.807) is 24.3 Å². The van der Waals surface area contributed by atoms with Gasteiger partial charge in [-0.3, -0.25) is 14.4 Å². The predicted octanol–water partition coefficient (Wildman–Crippen LogP) is 4.71. The van der Waals surface area contributed by atoms with Gasteiger partial charge in [0.2, 0.25) is 0 Å². The summed E-state index contributed by atoms with van der Waals surface area (Å²) >= 11 is 6.27. The number of imidazole rings is 1. The maximum Gasteiger partial charge on any atom is 0.416 e. The minimum atomic E-state index is -4.52. The summed E-state index contributed by atoms with van der Waals surface area (Å²) in [6, 6.07) is 10.1. The molecule has 0 saturated heterocycles. The second-order valence-electron chi connectivity index (χ2n) is 5.93. The number of alkyl halides is 3. The molecule has 3 aromatic rings. The Hall–Kier alpha value is -2.93. The largest absolute Gasteiger partial charge is 0.416 e. The minimum absolute atomic E-state index is 0.102. The monoisotopic (exact) mass is 389 g/mol. The first-order chi connectivity index (χ1) is 12.9. The van der Waals surface area contributed by atoms with Crippen molar-refractivity contribution in [3.05, 3.63) is 81.9 Å². The van der Waals surface area contributed by atoms with E-state index in [1.807, 2.05) is 0 Å². The molecule has 4 rings (SSSR count). The molecule has 0 fully saturated rings. The van der Waals surface area contributed by atoms with E-state index >= 15 is 0 Å². The Balaban J connectivity index is 2.04. The zero-order chi connectivity index (χ0) is 19.2. The Bertz CT molecular complexity index is 1090. The first-order valence-electron chi connectivity index (χ1n) is 7.93. The van der Waals surface area contributed by atoms with E-state index < -0.39 is 11.7 Å².